The maximum Gasteiger partial charge on any atom is 0.0593 e. The van der Waals surface area contributed by atoms with Gasteiger partial charge in [0.1, 0.15) is 0 Å². The summed E-state index contributed by atoms with van der Waals surface area (Å²) in [6.07, 6.45) is 4.49. The van der Waals surface area contributed by atoms with E-state index in [9.17, 15) is 0 Å². The van der Waals surface area contributed by atoms with Crippen LogP contribution in [0, 0.1) is 25.2 Å². The molecule has 0 amide bonds. The molecule has 1 aromatic rings. The van der Waals surface area contributed by atoms with Crippen molar-refractivity contribution >= 4 is 5.69 Å². The van der Waals surface area contributed by atoms with Gasteiger partial charge in [-0.15, -0.1) is 0 Å². The fourth-order valence-corrected chi connectivity index (χ4v) is 3.12. The SMILES string of the molecule is Cc1cnc(CN2CCC(C(C)(C)C)CC2)c(C)c1N. The number of hydrogen-bond acceptors (Lipinski definition) is 3. The van der Waals surface area contributed by atoms with Crippen LogP contribution in [0.5, 0.6) is 0 Å². The van der Waals surface area contributed by atoms with Gasteiger partial charge in [-0.3, -0.25) is 9.88 Å². The quantitative estimate of drug-likeness (QED) is 0.897. The van der Waals surface area contributed by atoms with E-state index in [1.54, 1.807) is 0 Å². The van der Waals surface area contributed by atoms with E-state index in [1.807, 2.05) is 13.1 Å². The number of likely N-dealkylation sites (tertiary alicyclic amines) is 1. The van der Waals surface area contributed by atoms with Crippen LogP contribution in [-0.4, -0.2) is 23.0 Å². The molecule has 2 heterocycles. The van der Waals surface area contributed by atoms with E-state index < -0.39 is 0 Å². The summed E-state index contributed by atoms with van der Waals surface area (Å²) in [5.41, 5.74) is 10.8. The highest BCUT2D eigenvalue weighted by Gasteiger charge is 2.28. The van der Waals surface area contributed by atoms with Gasteiger partial charge in [0, 0.05) is 18.4 Å². The van der Waals surface area contributed by atoms with Crippen molar-refractivity contribution < 1.29 is 0 Å². The molecular weight excluding hydrogens is 246 g/mol. The Morgan fingerprint density at radius 1 is 1.25 bits per heavy atom. The van der Waals surface area contributed by atoms with Crippen molar-refractivity contribution in [3.05, 3.63) is 23.0 Å². The number of hydrogen-bond donors (Lipinski definition) is 1. The van der Waals surface area contributed by atoms with Crippen LogP contribution in [0.2, 0.25) is 0 Å². The molecule has 0 saturated carbocycles. The Morgan fingerprint density at radius 3 is 2.40 bits per heavy atom. The van der Waals surface area contributed by atoms with Crippen LogP contribution in [0.15, 0.2) is 6.20 Å². The second-order valence-electron chi connectivity index (χ2n) is 7.34. The van der Waals surface area contributed by atoms with Crippen molar-refractivity contribution in [2.75, 3.05) is 18.8 Å². The molecule has 0 unspecified atom stereocenters. The number of piperidine rings is 1. The first-order valence-corrected chi connectivity index (χ1v) is 7.72. The van der Waals surface area contributed by atoms with E-state index >= 15 is 0 Å². The van der Waals surface area contributed by atoms with Crippen LogP contribution >= 0.6 is 0 Å². The largest absolute Gasteiger partial charge is 0.398 e. The highest BCUT2D eigenvalue weighted by atomic mass is 15.1. The average molecular weight is 275 g/mol. The molecule has 0 aromatic carbocycles. The van der Waals surface area contributed by atoms with Crippen LogP contribution in [0.1, 0.15) is 50.4 Å². The lowest BCUT2D eigenvalue weighted by Gasteiger charge is -2.38. The van der Waals surface area contributed by atoms with Crippen LogP contribution < -0.4 is 5.73 Å². The van der Waals surface area contributed by atoms with Gasteiger partial charge in [0.15, 0.2) is 0 Å². The number of nitrogen functional groups attached to an aromatic ring is 1. The molecule has 2 N–H and O–H groups in total. The summed E-state index contributed by atoms with van der Waals surface area (Å²) < 4.78 is 0. The summed E-state index contributed by atoms with van der Waals surface area (Å²) in [7, 11) is 0. The Morgan fingerprint density at radius 2 is 1.85 bits per heavy atom. The highest BCUT2D eigenvalue weighted by molar-refractivity contribution is 5.53. The first kappa shape index (κ1) is 15.3. The standard InChI is InChI=1S/C17H29N3/c1-12-10-19-15(13(2)16(12)18)11-20-8-6-14(7-9-20)17(3,4)5/h10,14H,6-9,11H2,1-5H3,(H2,18,19). The normalized spacial score (nSPS) is 18.4. The molecule has 3 heteroatoms. The molecule has 0 bridgehead atoms. The number of anilines is 1. The summed E-state index contributed by atoms with van der Waals surface area (Å²) in [6, 6.07) is 0. The van der Waals surface area contributed by atoms with E-state index in [2.05, 4.69) is 37.6 Å². The molecule has 3 nitrogen and oxygen atoms in total. The summed E-state index contributed by atoms with van der Waals surface area (Å²) in [6.45, 7) is 14.5. The van der Waals surface area contributed by atoms with Crippen molar-refractivity contribution in [3.63, 3.8) is 0 Å². The minimum Gasteiger partial charge on any atom is -0.398 e. The maximum absolute atomic E-state index is 6.11. The van der Waals surface area contributed by atoms with Gasteiger partial charge in [-0.2, -0.15) is 0 Å². The Hall–Kier alpha value is -1.09. The highest BCUT2D eigenvalue weighted by Crippen LogP contribution is 2.34. The molecule has 1 fully saturated rings. The average Bonchev–Trinajstić information content (AvgIpc) is 2.39. The summed E-state index contributed by atoms with van der Waals surface area (Å²) in [4.78, 5) is 7.10. The Bertz CT molecular complexity index is 466. The lowest BCUT2D eigenvalue weighted by Crippen LogP contribution is -2.37. The predicted octanol–water partition coefficient (Wildman–Crippen LogP) is 3.54. The van der Waals surface area contributed by atoms with Gasteiger partial charge in [0.05, 0.1) is 5.69 Å². The van der Waals surface area contributed by atoms with Gasteiger partial charge in [0.25, 0.3) is 0 Å². The third-order valence-electron chi connectivity index (χ3n) is 4.86. The molecule has 0 atom stereocenters. The first-order chi connectivity index (χ1) is 9.29. The first-order valence-electron chi connectivity index (χ1n) is 7.72. The topological polar surface area (TPSA) is 42.2 Å². The fraction of sp³-hybridized carbons (Fsp3) is 0.706. The van der Waals surface area contributed by atoms with Crippen LogP contribution in [0.4, 0.5) is 5.69 Å². The Balaban J connectivity index is 1.98. The minimum atomic E-state index is 0.439. The Kier molecular flexibility index (Phi) is 4.38. The van der Waals surface area contributed by atoms with Gasteiger partial charge in [-0.1, -0.05) is 20.8 Å². The second-order valence-corrected chi connectivity index (χ2v) is 7.34. The van der Waals surface area contributed by atoms with Crippen molar-refractivity contribution in [2.45, 2.75) is 54.0 Å². The van der Waals surface area contributed by atoms with Gasteiger partial charge in [0.2, 0.25) is 0 Å². The molecule has 1 aliphatic rings. The predicted molar refractivity (Wildman–Crippen MR) is 85.6 cm³/mol. The van der Waals surface area contributed by atoms with Gasteiger partial charge < -0.3 is 5.73 Å². The molecule has 2 rings (SSSR count). The monoisotopic (exact) mass is 275 g/mol. The van der Waals surface area contributed by atoms with Gasteiger partial charge in [-0.25, -0.2) is 0 Å². The van der Waals surface area contributed by atoms with E-state index in [0.29, 0.717) is 5.41 Å². The summed E-state index contributed by atoms with van der Waals surface area (Å²) >= 11 is 0. The number of nitrogens with two attached hydrogens (primary N) is 1. The molecule has 0 radical (unpaired) electrons. The molecule has 1 aliphatic heterocycles. The van der Waals surface area contributed by atoms with Crippen LogP contribution in [0.3, 0.4) is 0 Å². The van der Waals surface area contributed by atoms with E-state index in [4.69, 9.17) is 5.73 Å². The van der Waals surface area contributed by atoms with E-state index in [1.165, 1.54) is 25.9 Å². The molecule has 112 valence electrons. The van der Waals surface area contributed by atoms with Crippen LogP contribution in [-0.2, 0) is 6.54 Å². The zero-order valence-electron chi connectivity index (χ0n) is 13.7. The van der Waals surface area contributed by atoms with Crippen molar-refractivity contribution in [1.82, 2.24) is 9.88 Å². The fourth-order valence-electron chi connectivity index (χ4n) is 3.12. The van der Waals surface area contributed by atoms with Crippen molar-refractivity contribution in [1.29, 1.82) is 0 Å². The maximum atomic E-state index is 6.11. The third kappa shape index (κ3) is 3.32. The van der Waals surface area contributed by atoms with Crippen LogP contribution in [0.25, 0.3) is 0 Å². The lowest BCUT2D eigenvalue weighted by atomic mass is 9.75. The smallest absolute Gasteiger partial charge is 0.0593 e. The van der Waals surface area contributed by atoms with Gasteiger partial charge in [-0.05, 0) is 62.2 Å². The number of aromatic nitrogens is 1. The number of rotatable bonds is 2. The number of aryl methyl sites for hydroxylation is 1. The summed E-state index contributed by atoms with van der Waals surface area (Å²) in [5, 5.41) is 0. The zero-order chi connectivity index (χ0) is 14.9. The molecule has 1 saturated heterocycles. The molecule has 0 spiro atoms. The minimum absolute atomic E-state index is 0.439. The third-order valence-corrected chi connectivity index (χ3v) is 4.86. The number of nitrogens with zero attached hydrogens (tertiary/aromatic N) is 2. The molecule has 1 aromatic heterocycles. The molecule has 20 heavy (non-hydrogen) atoms. The molecular formula is C17H29N3. The van der Waals surface area contributed by atoms with Crippen molar-refractivity contribution in [3.8, 4) is 0 Å². The Labute approximate surface area is 123 Å². The molecule has 0 aliphatic carbocycles. The van der Waals surface area contributed by atoms with Crippen molar-refractivity contribution in [2.24, 2.45) is 11.3 Å². The van der Waals surface area contributed by atoms with Gasteiger partial charge >= 0.3 is 0 Å². The second kappa shape index (κ2) is 5.72. The summed E-state index contributed by atoms with van der Waals surface area (Å²) in [5.74, 6) is 0.843. The van der Waals surface area contributed by atoms with E-state index in [0.717, 1.165) is 35.0 Å². The zero-order valence-corrected chi connectivity index (χ0v) is 13.7. The lowest BCUT2D eigenvalue weighted by molar-refractivity contribution is 0.107. The number of pyridine rings is 1. The van der Waals surface area contributed by atoms with E-state index in [-0.39, 0.29) is 0 Å².